The van der Waals surface area contributed by atoms with Crippen LogP contribution in [0.2, 0.25) is 0 Å². The molecule has 0 aliphatic heterocycles. The summed E-state index contributed by atoms with van der Waals surface area (Å²) >= 11 is 0. The Bertz CT molecular complexity index is 450. The van der Waals surface area contributed by atoms with Crippen molar-refractivity contribution in [3.8, 4) is 0 Å². The van der Waals surface area contributed by atoms with Gasteiger partial charge in [-0.25, -0.2) is 16.8 Å². The van der Waals surface area contributed by atoms with Crippen LogP contribution in [-0.4, -0.2) is 40.9 Å². The highest BCUT2D eigenvalue weighted by Crippen LogP contribution is 2.49. The van der Waals surface area contributed by atoms with Crippen molar-refractivity contribution < 1.29 is 16.8 Å². The highest BCUT2D eigenvalue weighted by molar-refractivity contribution is 7.91. The molecule has 0 amide bonds. The van der Waals surface area contributed by atoms with Crippen molar-refractivity contribution in [1.82, 2.24) is 0 Å². The van der Waals surface area contributed by atoms with Gasteiger partial charge >= 0.3 is 0 Å². The smallest absolute Gasteiger partial charge is 0.147 e. The van der Waals surface area contributed by atoms with Gasteiger partial charge in [-0.2, -0.15) is 0 Å². The van der Waals surface area contributed by atoms with Crippen LogP contribution in [0.3, 0.4) is 0 Å². The Morgan fingerprint density at radius 3 is 1.22 bits per heavy atom. The molecular weight excluding hydrogens is 272 g/mol. The first-order valence-corrected chi connectivity index (χ1v) is 10.6. The number of rotatable bonds is 4. The van der Waals surface area contributed by atoms with Crippen LogP contribution in [-0.2, 0) is 19.7 Å². The molecule has 0 spiro atoms. The molecule has 0 aromatic heterocycles. The lowest BCUT2D eigenvalue weighted by atomic mass is 9.60. The third-order valence-corrected chi connectivity index (χ3v) is 6.55. The maximum absolute atomic E-state index is 11.5. The minimum Gasteiger partial charge on any atom is -0.229 e. The fourth-order valence-corrected chi connectivity index (χ4v) is 6.36. The zero-order valence-corrected chi connectivity index (χ0v) is 12.6. The van der Waals surface area contributed by atoms with Gasteiger partial charge in [0.25, 0.3) is 0 Å². The molecule has 106 valence electrons. The molecule has 3 saturated carbocycles. The van der Waals surface area contributed by atoms with Crippen molar-refractivity contribution in [1.29, 1.82) is 0 Å². The van der Waals surface area contributed by atoms with Crippen LogP contribution >= 0.6 is 0 Å². The number of fused-ring (bicyclic) bond motifs is 3. The summed E-state index contributed by atoms with van der Waals surface area (Å²) in [6.45, 7) is 0. The first-order chi connectivity index (χ1) is 8.16. The fraction of sp³-hybridized carbons (Fsp3) is 1.00. The molecule has 3 rings (SSSR count). The summed E-state index contributed by atoms with van der Waals surface area (Å²) in [5.41, 5.74) is 0. The Morgan fingerprint density at radius 1 is 0.722 bits per heavy atom. The second-order valence-corrected chi connectivity index (χ2v) is 10.6. The van der Waals surface area contributed by atoms with E-state index in [1.54, 1.807) is 0 Å². The summed E-state index contributed by atoms with van der Waals surface area (Å²) in [5.74, 6) is 1.26. The van der Waals surface area contributed by atoms with Crippen LogP contribution in [0.4, 0.5) is 0 Å². The number of hydrogen-bond donors (Lipinski definition) is 0. The molecule has 4 nitrogen and oxygen atoms in total. The molecule has 3 aliphatic carbocycles. The lowest BCUT2D eigenvalue weighted by Gasteiger charge is -2.48. The first kappa shape index (κ1) is 14.3. The number of sulfone groups is 2. The second-order valence-electron chi connectivity index (χ2n) is 6.19. The zero-order chi connectivity index (χ0) is 13.6. The normalized spacial score (nSPS) is 36.8. The van der Waals surface area contributed by atoms with E-state index in [1.807, 2.05) is 0 Å². The molecule has 3 aliphatic rings. The lowest BCUT2D eigenvalue weighted by molar-refractivity contribution is 0.0492. The van der Waals surface area contributed by atoms with Crippen LogP contribution in [0, 0.1) is 23.7 Å². The first-order valence-electron chi connectivity index (χ1n) is 6.51. The van der Waals surface area contributed by atoms with Crippen molar-refractivity contribution >= 4 is 19.7 Å². The van der Waals surface area contributed by atoms with E-state index in [0.29, 0.717) is 11.8 Å². The third-order valence-electron chi connectivity index (χ3n) is 4.57. The highest BCUT2D eigenvalue weighted by atomic mass is 32.2. The third kappa shape index (κ3) is 3.47. The molecule has 0 aromatic carbocycles. The molecule has 0 radical (unpaired) electrons. The predicted molar refractivity (Wildman–Crippen MR) is 71.8 cm³/mol. The van der Waals surface area contributed by atoms with Gasteiger partial charge in [-0.3, -0.25) is 0 Å². The molecule has 0 saturated heterocycles. The van der Waals surface area contributed by atoms with Crippen molar-refractivity contribution in [2.45, 2.75) is 25.7 Å². The molecule has 2 unspecified atom stereocenters. The van der Waals surface area contributed by atoms with Crippen molar-refractivity contribution in [2.24, 2.45) is 23.7 Å². The van der Waals surface area contributed by atoms with E-state index in [-0.39, 0.29) is 23.3 Å². The molecule has 0 N–H and O–H groups in total. The summed E-state index contributed by atoms with van der Waals surface area (Å²) in [5, 5.41) is 0. The Balaban J connectivity index is 2.22. The van der Waals surface area contributed by atoms with Crippen LogP contribution in [0.5, 0.6) is 0 Å². The van der Waals surface area contributed by atoms with E-state index in [0.717, 1.165) is 25.7 Å². The molecule has 0 aromatic rings. The van der Waals surface area contributed by atoms with Crippen molar-refractivity contribution in [2.75, 3.05) is 24.0 Å². The van der Waals surface area contributed by atoms with Crippen LogP contribution in [0.25, 0.3) is 0 Å². The van der Waals surface area contributed by atoms with Crippen LogP contribution in [0.15, 0.2) is 0 Å². The Kier molecular flexibility index (Phi) is 3.80. The molecule has 2 atom stereocenters. The molecule has 18 heavy (non-hydrogen) atoms. The van der Waals surface area contributed by atoms with Gasteiger partial charge in [0.1, 0.15) is 19.7 Å². The van der Waals surface area contributed by atoms with Crippen molar-refractivity contribution in [3.05, 3.63) is 0 Å². The van der Waals surface area contributed by atoms with Crippen LogP contribution in [0.1, 0.15) is 25.7 Å². The average molecular weight is 294 g/mol. The second kappa shape index (κ2) is 4.78. The van der Waals surface area contributed by atoms with Gasteiger partial charge in [-0.05, 0) is 49.4 Å². The minimum atomic E-state index is -3.03. The standard InChI is InChI=1S/C12H22O4S2/c1-17(13,14)7-11-9-3-5-10(6-4-9)12(11)8-18(2,15)16/h9-12H,3-8H2,1-2H3. The van der Waals surface area contributed by atoms with E-state index in [2.05, 4.69) is 0 Å². The summed E-state index contributed by atoms with van der Waals surface area (Å²) in [6.07, 6.45) is 6.81. The van der Waals surface area contributed by atoms with Gasteiger partial charge in [0.05, 0.1) is 11.5 Å². The summed E-state index contributed by atoms with van der Waals surface area (Å²) in [4.78, 5) is 0. The maximum Gasteiger partial charge on any atom is 0.147 e. The summed E-state index contributed by atoms with van der Waals surface area (Å²) < 4.78 is 46.2. The minimum absolute atomic E-state index is 0.0576. The molecular formula is C12H22O4S2. The molecule has 2 bridgehead atoms. The van der Waals surface area contributed by atoms with E-state index in [9.17, 15) is 16.8 Å². The molecule has 0 heterocycles. The predicted octanol–water partition coefficient (Wildman–Crippen LogP) is 1.13. The van der Waals surface area contributed by atoms with Gasteiger partial charge in [0.15, 0.2) is 0 Å². The van der Waals surface area contributed by atoms with E-state index < -0.39 is 19.7 Å². The average Bonchev–Trinajstić information content (AvgIpc) is 2.19. The maximum atomic E-state index is 11.5. The quantitative estimate of drug-likeness (QED) is 0.779. The molecule has 6 heteroatoms. The van der Waals surface area contributed by atoms with Gasteiger partial charge in [-0.15, -0.1) is 0 Å². The summed E-state index contributed by atoms with van der Waals surface area (Å²) in [7, 11) is -6.06. The van der Waals surface area contributed by atoms with Gasteiger partial charge in [0, 0.05) is 12.5 Å². The van der Waals surface area contributed by atoms with Crippen LogP contribution < -0.4 is 0 Å². The monoisotopic (exact) mass is 294 g/mol. The fourth-order valence-electron chi connectivity index (χ4n) is 3.92. The van der Waals surface area contributed by atoms with Gasteiger partial charge < -0.3 is 0 Å². The van der Waals surface area contributed by atoms with Gasteiger partial charge in [0.2, 0.25) is 0 Å². The topological polar surface area (TPSA) is 68.3 Å². The largest absolute Gasteiger partial charge is 0.229 e. The molecule has 3 fully saturated rings. The highest BCUT2D eigenvalue weighted by Gasteiger charge is 2.45. The van der Waals surface area contributed by atoms with Gasteiger partial charge in [-0.1, -0.05) is 0 Å². The number of hydrogen-bond acceptors (Lipinski definition) is 4. The van der Waals surface area contributed by atoms with E-state index in [1.165, 1.54) is 12.5 Å². The van der Waals surface area contributed by atoms with E-state index in [4.69, 9.17) is 0 Å². The summed E-state index contributed by atoms with van der Waals surface area (Å²) in [6, 6.07) is 0. The lowest BCUT2D eigenvalue weighted by Crippen LogP contribution is -2.45. The Hall–Kier alpha value is -0.100. The van der Waals surface area contributed by atoms with Crippen molar-refractivity contribution in [3.63, 3.8) is 0 Å². The van der Waals surface area contributed by atoms with E-state index >= 15 is 0 Å². The zero-order valence-electron chi connectivity index (χ0n) is 11.0. The Morgan fingerprint density at radius 2 is 1.00 bits per heavy atom. The Labute approximate surface area is 110 Å². The SMILES string of the molecule is CS(=O)(=O)CC1C2CCC(CC2)C1CS(C)(=O)=O.